The van der Waals surface area contributed by atoms with Gasteiger partial charge in [-0.25, -0.2) is 4.98 Å². The van der Waals surface area contributed by atoms with Gasteiger partial charge in [-0.15, -0.1) is 8.78 Å². The van der Waals surface area contributed by atoms with Gasteiger partial charge in [0.25, 0.3) is 0 Å². The van der Waals surface area contributed by atoms with Crippen LogP contribution in [0.3, 0.4) is 0 Å². The SMILES string of the molecule is CNCCCCCc1cnc2c(c1)c(Cl)cn2-c1ccc2c(c1)OC(F)(F)O2. The van der Waals surface area contributed by atoms with Gasteiger partial charge in [0, 0.05) is 23.8 Å². The lowest BCUT2D eigenvalue weighted by Crippen LogP contribution is -2.25. The zero-order valence-corrected chi connectivity index (χ0v) is 16.1. The molecule has 3 heterocycles. The van der Waals surface area contributed by atoms with Crippen LogP contribution in [0.5, 0.6) is 11.5 Å². The number of benzene rings is 1. The summed E-state index contributed by atoms with van der Waals surface area (Å²) < 4.78 is 37.3. The second-order valence-electron chi connectivity index (χ2n) is 6.77. The first-order valence-electron chi connectivity index (χ1n) is 9.17. The smallest absolute Gasteiger partial charge is 0.395 e. The monoisotopic (exact) mass is 407 g/mol. The Morgan fingerprint density at radius 3 is 2.79 bits per heavy atom. The number of pyridine rings is 1. The molecule has 0 unspecified atom stereocenters. The standard InChI is InChI=1S/C20H20ClF2N3O2/c1-24-8-4-2-3-5-13-9-15-16(21)12-26(19(15)25-11-13)14-6-7-17-18(10-14)28-20(22,23)27-17/h6-7,9-12,24H,2-5,8H2,1H3. The van der Waals surface area contributed by atoms with Crippen molar-refractivity contribution in [1.82, 2.24) is 14.9 Å². The predicted molar refractivity (Wildman–Crippen MR) is 104 cm³/mol. The van der Waals surface area contributed by atoms with Gasteiger partial charge in [0.05, 0.1) is 10.7 Å². The number of rotatable bonds is 7. The van der Waals surface area contributed by atoms with Gasteiger partial charge in [-0.1, -0.05) is 18.0 Å². The largest absolute Gasteiger partial charge is 0.586 e. The lowest BCUT2D eigenvalue weighted by atomic mass is 10.1. The molecule has 0 spiro atoms. The van der Waals surface area contributed by atoms with E-state index in [1.165, 1.54) is 12.1 Å². The molecule has 2 aromatic heterocycles. The Kier molecular flexibility index (Phi) is 5.12. The van der Waals surface area contributed by atoms with Crippen LogP contribution < -0.4 is 14.8 Å². The molecular weight excluding hydrogens is 388 g/mol. The van der Waals surface area contributed by atoms with Crippen molar-refractivity contribution < 1.29 is 18.3 Å². The molecule has 1 aliphatic rings. The van der Waals surface area contributed by atoms with E-state index in [1.54, 1.807) is 16.8 Å². The van der Waals surface area contributed by atoms with Crippen LogP contribution in [0, 0.1) is 0 Å². The van der Waals surface area contributed by atoms with Crippen LogP contribution in [0.15, 0.2) is 36.7 Å². The number of hydrogen-bond acceptors (Lipinski definition) is 4. The van der Waals surface area contributed by atoms with E-state index in [2.05, 4.69) is 19.8 Å². The Hall–Kier alpha value is -2.38. The predicted octanol–water partition coefficient (Wildman–Crippen LogP) is 4.93. The molecule has 5 nitrogen and oxygen atoms in total. The van der Waals surface area contributed by atoms with E-state index >= 15 is 0 Å². The maximum absolute atomic E-state index is 13.3. The molecule has 28 heavy (non-hydrogen) atoms. The third kappa shape index (κ3) is 3.77. The molecule has 0 amide bonds. The summed E-state index contributed by atoms with van der Waals surface area (Å²) in [6, 6.07) is 6.64. The van der Waals surface area contributed by atoms with Gasteiger partial charge in [0.2, 0.25) is 0 Å². The minimum Gasteiger partial charge on any atom is -0.395 e. The number of aromatic nitrogens is 2. The molecule has 148 valence electrons. The average Bonchev–Trinajstić information content (AvgIpc) is 3.15. The van der Waals surface area contributed by atoms with E-state index in [0.717, 1.165) is 43.2 Å². The third-order valence-electron chi connectivity index (χ3n) is 4.71. The number of hydrogen-bond donors (Lipinski definition) is 1. The van der Waals surface area contributed by atoms with E-state index in [4.69, 9.17) is 11.6 Å². The van der Waals surface area contributed by atoms with Gasteiger partial charge in [0.1, 0.15) is 5.65 Å². The number of ether oxygens (including phenoxy) is 2. The number of alkyl halides is 2. The normalized spacial score (nSPS) is 14.7. The van der Waals surface area contributed by atoms with E-state index in [9.17, 15) is 8.78 Å². The van der Waals surface area contributed by atoms with Gasteiger partial charge in [0.15, 0.2) is 11.5 Å². The highest BCUT2D eigenvalue weighted by Gasteiger charge is 2.43. The Bertz CT molecular complexity index is 1010. The molecule has 1 N–H and O–H groups in total. The molecule has 3 aromatic rings. The highest BCUT2D eigenvalue weighted by Crippen LogP contribution is 2.42. The molecule has 0 radical (unpaired) electrons. The summed E-state index contributed by atoms with van der Waals surface area (Å²) in [5.74, 6) is -0.0107. The Balaban J connectivity index is 1.58. The van der Waals surface area contributed by atoms with Gasteiger partial charge in [-0.05, 0) is 56.6 Å². The van der Waals surface area contributed by atoms with Crippen LogP contribution in [0.1, 0.15) is 24.8 Å². The van der Waals surface area contributed by atoms with Crippen LogP contribution in [-0.4, -0.2) is 29.4 Å². The summed E-state index contributed by atoms with van der Waals surface area (Å²) in [7, 11) is 1.95. The number of unbranched alkanes of at least 4 members (excludes halogenated alkanes) is 2. The summed E-state index contributed by atoms with van der Waals surface area (Å²) in [4.78, 5) is 4.56. The lowest BCUT2D eigenvalue weighted by molar-refractivity contribution is -0.286. The third-order valence-corrected chi connectivity index (χ3v) is 5.01. The fourth-order valence-corrected chi connectivity index (χ4v) is 3.58. The lowest BCUT2D eigenvalue weighted by Gasteiger charge is -2.07. The summed E-state index contributed by atoms with van der Waals surface area (Å²) in [6.07, 6.45) is 4.25. The first-order valence-corrected chi connectivity index (χ1v) is 9.55. The van der Waals surface area contributed by atoms with Crippen molar-refractivity contribution in [2.45, 2.75) is 32.0 Å². The first-order chi connectivity index (χ1) is 13.5. The zero-order chi connectivity index (χ0) is 19.7. The molecular formula is C20H20ClF2N3O2. The highest BCUT2D eigenvalue weighted by atomic mass is 35.5. The van der Waals surface area contributed by atoms with Crippen molar-refractivity contribution in [3.8, 4) is 17.2 Å². The highest BCUT2D eigenvalue weighted by molar-refractivity contribution is 6.35. The van der Waals surface area contributed by atoms with Gasteiger partial charge >= 0.3 is 6.29 Å². The van der Waals surface area contributed by atoms with E-state index in [1.807, 2.05) is 19.3 Å². The summed E-state index contributed by atoms with van der Waals surface area (Å²) in [5.41, 5.74) is 2.40. The fraction of sp³-hybridized carbons (Fsp3) is 0.350. The molecule has 1 aromatic carbocycles. The van der Waals surface area contributed by atoms with Crippen LogP contribution in [0.25, 0.3) is 16.7 Å². The van der Waals surface area contributed by atoms with Crippen molar-refractivity contribution in [2.75, 3.05) is 13.6 Å². The van der Waals surface area contributed by atoms with Crippen LogP contribution >= 0.6 is 11.6 Å². The van der Waals surface area contributed by atoms with E-state index < -0.39 is 6.29 Å². The zero-order valence-electron chi connectivity index (χ0n) is 15.3. The molecule has 4 rings (SSSR count). The quantitative estimate of drug-likeness (QED) is 0.564. The molecule has 0 saturated heterocycles. The number of aryl methyl sites for hydroxylation is 1. The van der Waals surface area contributed by atoms with Crippen molar-refractivity contribution >= 4 is 22.6 Å². The van der Waals surface area contributed by atoms with E-state index in [0.29, 0.717) is 16.4 Å². The van der Waals surface area contributed by atoms with Crippen molar-refractivity contribution in [2.24, 2.45) is 0 Å². The molecule has 0 fully saturated rings. The van der Waals surface area contributed by atoms with Crippen LogP contribution in [0.4, 0.5) is 8.78 Å². The van der Waals surface area contributed by atoms with Crippen molar-refractivity contribution in [3.05, 3.63) is 47.2 Å². The Labute approximate surface area is 166 Å². The van der Waals surface area contributed by atoms with Gasteiger partial charge in [-0.3, -0.25) is 4.57 Å². The Morgan fingerprint density at radius 2 is 1.96 bits per heavy atom. The van der Waals surface area contributed by atoms with Crippen LogP contribution in [0.2, 0.25) is 5.02 Å². The number of nitrogens with one attached hydrogen (secondary N) is 1. The Morgan fingerprint density at radius 1 is 1.14 bits per heavy atom. The van der Waals surface area contributed by atoms with Crippen molar-refractivity contribution in [1.29, 1.82) is 0 Å². The number of halogens is 3. The fourth-order valence-electron chi connectivity index (χ4n) is 3.34. The number of nitrogens with zero attached hydrogens (tertiary/aromatic N) is 2. The van der Waals surface area contributed by atoms with E-state index in [-0.39, 0.29) is 11.5 Å². The first kappa shape index (κ1) is 19.0. The minimum atomic E-state index is -3.64. The molecule has 0 aliphatic carbocycles. The molecule has 8 heteroatoms. The summed E-state index contributed by atoms with van der Waals surface area (Å²) >= 11 is 6.42. The average molecular weight is 408 g/mol. The second-order valence-corrected chi connectivity index (χ2v) is 7.18. The summed E-state index contributed by atoms with van der Waals surface area (Å²) in [5, 5.41) is 4.53. The molecule has 0 atom stereocenters. The maximum atomic E-state index is 13.3. The topological polar surface area (TPSA) is 48.3 Å². The van der Waals surface area contributed by atoms with Gasteiger partial charge in [-0.2, -0.15) is 0 Å². The summed E-state index contributed by atoms with van der Waals surface area (Å²) in [6.45, 7) is 1.02. The maximum Gasteiger partial charge on any atom is 0.586 e. The van der Waals surface area contributed by atoms with Crippen LogP contribution in [-0.2, 0) is 6.42 Å². The second kappa shape index (κ2) is 7.56. The molecule has 0 bridgehead atoms. The van der Waals surface area contributed by atoms with Gasteiger partial charge < -0.3 is 14.8 Å². The minimum absolute atomic E-state index is 0.00447. The molecule has 1 aliphatic heterocycles. The number of fused-ring (bicyclic) bond motifs is 2. The molecule has 0 saturated carbocycles. The van der Waals surface area contributed by atoms with Crippen molar-refractivity contribution in [3.63, 3.8) is 0 Å².